The molecule has 1 fully saturated rings. The zero-order chi connectivity index (χ0) is 19.6. The largest absolute Gasteiger partial charge is 0.373 e. The first-order valence-electron chi connectivity index (χ1n) is 11.2. The summed E-state index contributed by atoms with van der Waals surface area (Å²) in [6, 6.07) is 17.9. The van der Waals surface area contributed by atoms with Gasteiger partial charge in [-0.25, -0.2) is 0 Å². The molecule has 28 heavy (non-hydrogen) atoms. The number of hydrogen-bond donors (Lipinski definition) is 0. The van der Waals surface area contributed by atoms with Gasteiger partial charge in [-0.2, -0.15) is 0 Å². The molecule has 2 heteroatoms. The van der Waals surface area contributed by atoms with Crippen LogP contribution in [0, 0.1) is 0 Å². The van der Waals surface area contributed by atoms with Gasteiger partial charge in [-0.3, -0.25) is 0 Å². The summed E-state index contributed by atoms with van der Waals surface area (Å²) >= 11 is 0. The van der Waals surface area contributed by atoms with Crippen molar-refractivity contribution in [1.29, 1.82) is 0 Å². The van der Waals surface area contributed by atoms with Crippen LogP contribution in [0.3, 0.4) is 0 Å². The van der Waals surface area contributed by atoms with Crippen LogP contribution in [0.2, 0.25) is 0 Å². The summed E-state index contributed by atoms with van der Waals surface area (Å²) in [5, 5.41) is 0. The molecular weight excluding hydrogens is 344 g/mol. The van der Waals surface area contributed by atoms with E-state index in [1.54, 1.807) is 0 Å². The Hall–Kier alpha value is -1.64. The summed E-state index contributed by atoms with van der Waals surface area (Å²) in [4.78, 5) is 0. The maximum Gasteiger partial charge on any atom is 0.106 e. The molecule has 2 nitrogen and oxygen atoms in total. The predicted octanol–water partition coefficient (Wildman–Crippen LogP) is 7.12. The van der Waals surface area contributed by atoms with Crippen molar-refractivity contribution in [2.24, 2.45) is 0 Å². The summed E-state index contributed by atoms with van der Waals surface area (Å²) in [6.45, 7) is 5.86. The third kappa shape index (κ3) is 6.18. The van der Waals surface area contributed by atoms with E-state index in [2.05, 4.69) is 62.4 Å². The molecule has 0 aliphatic carbocycles. The van der Waals surface area contributed by atoms with Gasteiger partial charge in [-0.1, -0.05) is 94.5 Å². The Labute approximate surface area is 171 Å². The van der Waals surface area contributed by atoms with E-state index in [1.165, 1.54) is 67.2 Å². The summed E-state index contributed by atoms with van der Waals surface area (Å²) in [5.41, 5.74) is 5.20. The molecule has 1 aliphatic heterocycles. The molecule has 0 radical (unpaired) electrons. The second-order valence-electron chi connectivity index (χ2n) is 8.05. The number of rotatable bonds is 10. The van der Waals surface area contributed by atoms with E-state index in [0.29, 0.717) is 13.2 Å². The van der Waals surface area contributed by atoms with Crippen LogP contribution in [-0.4, -0.2) is 19.3 Å². The molecule has 2 atom stereocenters. The molecule has 1 saturated heterocycles. The van der Waals surface area contributed by atoms with Crippen LogP contribution in [0.15, 0.2) is 48.5 Å². The van der Waals surface area contributed by atoms with Crippen molar-refractivity contribution in [3.05, 3.63) is 59.7 Å². The predicted molar refractivity (Wildman–Crippen MR) is 118 cm³/mol. The molecule has 152 valence electrons. The lowest BCUT2D eigenvalue weighted by Crippen LogP contribution is -2.31. The fourth-order valence-electron chi connectivity index (χ4n) is 3.84. The molecule has 0 spiro atoms. The normalized spacial score (nSPS) is 19.6. The summed E-state index contributed by atoms with van der Waals surface area (Å²) in [5.74, 6) is 0. The van der Waals surface area contributed by atoms with Crippen LogP contribution in [0.1, 0.15) is 76.0 Å². The van der Waals surface area contributed by atoms with Gasteiger partial charge in [0.1, 0.15) is 6.10 Å². The van der Waals surface area contributed by atoms with Crippen LogP contribution in [0.4, 0.5) is 0 Å². The van der Waals surface area contributed by atoms with Crippen molar-refractivity contribution >= 4 is 0 Å². The Morgan fingerprint density at radius 2 is 1.39 bits per heavy atom. The monoisotopic (exact) mass is 380 g/mol. The molecule has 2 aromatic carbocycles. The number of unbranched alkanes of at least 4 members (excludes halogenated alkanes) is 4. The van der Waals surface area contributed by atoms with Crippen molar-refractivity contribution in [3.8, 4) is 11.1 Å². The zero-order valence-electron chi connectivity index (χ0n) is 17.7. The molecule has 0 bridgehead atoms. The van der Waals surface area contributed by atoms with Gasteiger partial charge in [0.15, 0.2) is 0 Å². The van der Waals surface area contributed by atoms with Crippen LogP contribution >= 0.6 is 0 Å². The minimum absolute atomic E-state index is 0.0671. The van der Waals surface area contributed by atoms with Gasteiger partial charge >= 0.3 is 0 Å². The van der Waals surface area contributed by atoms with Crippen LogP contribution < -0.4 is 0 Å². The number of aryl methyl sites for hydroxylation is 1. The molecule has 0 aromatic heterocycles. The molecule has 3 rings (SSSR count). The van der Waals surface area contributed by atoms with Crippen molar-refractivity contribution < 1.29 is 9.47 Å². The number of hydrogen-bond acceptors (Lipinski definition) is 2. The SMILES string of the molecule is CCCCCCc1ccc(-c2ccc([C@H]3CO[C@H](CCCC)CO3)cc2)cc1. The summed E-state index contributed by atoms with van der Waals surface area (Å²) in [6.07, 6.45) is 10.3. The first-order chi connectivity index (χ1) is 13.8. The summed E-state index contributed by atoms with van der Waals surface area (Å²) < 4.78 is 12.1. The lowest BCUT2D eigenvalue weighted by atomic mass is 9.99. The van der Waals surface area contributed by atoms with E-state index in [1.807, 2.05) is 0 Å². The van der Waals surface area contributed by atoms with Crippen LogP contribution in [-0.2, 0) is 15.9 Å². The Kier molecular flexibility index (Phi) is 8.57. The third-order valence-corrected chi connectivity index (χ3v) is 5.73. The molecule has 1 heterocycles. The number of benzene rings is 2. The second kappa shape index (κ2) is 11.4. The minimum Gasteiger partial charge on any atom is -0.373 e. The first kappa shape index (κ1) is 21.1. The van der Waals surface area contributed by atoms with Gasteiger partial charge in [0.05, 0.1) is 19.3 Å². The van der Waals surface area contributed by atoms with E-state index in [0.717, 1.165) is 6.42 Å². The molecule has 1 aliphatic rings. The lowest BCUT2D eigenvalue weighted by Gasteiger charge is -2.30. The van der Waals surface area contributed by atoms with Gasteiger partial charge in [0.25, 0.3) is 0 Å². The maximum atomic E-state index is 6.06. The average molecular weight is 381 g/mol. The fourth-order valence-corrected chi connectivity index (χ4v) is 3.84. The van der Waals surface area contributed by atoms with Crippen LogP contribution in [0.25, 0.3) is 11.1 Å². The fraction of sp³-hybridized carbons (Fsp3) is 0.538. The molecule has 0 unspecified atom stereocenters. The Morgan fingerprint density at radius 3 is 2.00 bits per heavy atom. The van der Waals surface area contributed by atoms with Crippen molar-refractivity contribution in [2.45, 2.75) is 77.4 Å². The molecule has 0 amide bonds. The van der Waals surface area contributed by atoms with Gasteiger partial charge < -0.3 is 9.47 Å². The van der Waals surface area contributed by atoms with Gasteiger partial charge in [-0.15, -0.1) is 0 Å². The maximum absolute atomic E-state index is 6.06. The molecular formula is C26H36O2. The Morgan fingerprint density at radius 1 is 0.714 bits per heavy atom. The van der Waals surface area contributed by atoms with E-state index in [9.17, 15) is 0 Å². The highest BCUT2D eigenvalue weighted by Crippen LogP contribution is 2.27. The van der Waals surface area contributed by atoms with Crippen molar-refractivity contribution in [2.75, 3.05) is 13.2 Å². The highest BCUT2D eigenvalue weighted by molar-refractivity contribution is 5.64. The smallest absolute Gasteiger partial charge is 0.106 e. The second-order valence-corrected chi connectivity index (χ2v) is 8.05. The quantitative estimate of drug-likeness (QED) is 0.408. The number of ether oxygens (including phenoxy) is 2. The standard InChI is InChI=1S/C26H36O2/c1-3-5-7-8-9-21-11-13-22(14-12-21)23-15-17-24(18-16-23)26-20-27-25(19-28-26)10-6-4-2/h11-18,25-26H,3-10,19-20H2,1-2H3/t25-,26-/m1/s1. The van der Waals surface area contributed by atoms with Gasteiger partial charge in [0, 0.05) is 0 Å². The lowest BCUT2D eigenvalue weighted by molar-refractivity contribution is -0.137. The summed E-state index contributed by atoms with van der Waals surface area (Å²) in [7, 11) is 0. The Balaban J connectivity index is 1.51. The topological polar surface area (TPSA) is 18.5 Å². The zero-order valence-corrected chi connectivity index (χ0v) is 17.7. The highest BCUT2D eigenvalue weighted by atomic mass is 16.6. The minimum atomic E-state index is 0.0671. The van der Waals surface area contributed by atoms with E-state index in [-0.39, 0.29) is 12.2 Å². The van der Waals surface area contributed by atoms with E-state index in [4.69, 9.17) is 9.47 Å². The highest BCUT2D eigenvalue weighted by Gasteiger charge is 2.23. The van der Waals surface area contributed by atoms with Crippen molar-refractivity contribution in [3.63, 3.8) is 0 Å². The molecule has 0 N–H and O–H groups in total. The van der Waals surface area contributed by atoms with E-state index < -0.39 is 0 Å². The molecule has 2 aromatic rings. The average Bonchev–Trinajstić information content (AvgIpc) is 2.76. The third-order valence-electron chi connectivity index (χ3n) is 5.73. The molecule has 0 saturated carbocycles. The first-order valence-corrected chi connectivity index (χ1v) is 11.2. The Bertz CT molecular complexity index is 667. The van der Waals surface area contributed by atoms with Gasteiger partial charge in [-0.05, 0) is 41.5 Å². The van der Waals surface area contributed by atoms with Crippen LogP contribution in [0.5, 0.6) is 0 Å². The van der Waals surface area contributed by atoms with E-state index >= 15 is 0 Å². The van der Waals surface area contributed by atoms with Crippen molar-refractivity contribution in [1.82, 2.24) is 0 Å². The van der Waals surface area contributed by atoms with Gasteiger partial charge in [0.2, 0.25) is 0 Å².